The molecule has 0 aromatic heterocycles. The number of thioether (sulfide) groups is 1. The summed E-state index contributed by atoms with van der Waals surface area (Å²) >= 11 is 1.37. The van der Waals surface area contributed by atoms with Gasteiger partial charge in [0.05, 0.1) is 22.1 Å². The Balaban J connectivity index is 1.74. The lowest BCUT2D eigenvalue weighted by atomic mass is 10.1. The van der Waals surface area contributed by atoms with Gasteiger partial charge in [-0.05, 0) is 49.2 Å². The van der Waals surface area contributed by atoms with Crippen molar-refractivity contribution in [3.05, 3.63) is 47.5 Å². The summed E-state index contributed by atoms with van der Waals surface area (Å²) in [6.07, 6.45) is 0. The lowest BCUT2D eigenvalue weighted by Crippen LogP contribution is -2.27. The minimum atomic E-state index is -3.69. The SMILES string of the molecule is Cc1cccc(NC(=O)[C@@H](C)CS(=O)(=O)c2ccc3c(c2)NC(=O)CS3)c1C. The number of carbonyl (C=O) groups excluding carboxylic acids is 2. The van der Waals surface area contributed by atoms with Gasteiger partial charge in [-0.25, -0.2) is 8.42 Å². The molecule has 0 aliphatic carbocycles. The van der Waals surface area contributed by atoms with Crippen molar-refractivity contribution in [1.29, 1.82) is 0 Å². The molecule has 6 nitrogen and oxygen atoms in total. The zero-order chi connectivity index (χ0) is 20.5. The van der Waals surface area contributed by atoms with Gasteiger partial charge in [0.15, 0.2) is 9.84 Å². The van der Waals surface area contributed by atoms with Crippen LogP contribution in [0.15, 0.2) is 46.2 Å². The zero-order valence-electron chi connectivity index (χ0n) is 15.9. The van der Waals surface area contributed by atoms with Crippen LogP contribution >= 0.6 is 11.8 Å². The molecule has 148 valence electrons. The van der Waals surface area contributed by atoms with Crippen molar-refractivity contribution in [2.24, 2.45) is 5.92 Å². The predicted octanol–water partition coefficient (Wildman–Crippen LogP) is 3.40. The molecule has 0 radical (unpaired) electrons. The number of sulfone groups is 1. The van der Waals surface area contributed by atoms with Crippen LogP contribution in [-0.4, -0.2) is 31.7 Å². The summed E-state index contributed by atoms with van der Waals surface area (Å²) < 4.78 is 25.6. The quantitative estimate of drug-likeness (QED) is 0.776. The Morgan fingerprint density at radius 1 is 1.25 bits per heavy atom. The fourth-order valence-electron chi connectivity index (χ4n) is 2.90. The molecule has 0 unspecified atom stereocenters. The Bertz CT molecular complexity index is 1050. The highest BCUT2D eigenvalue weighted by Crippen LogP contribution is 2.33. The molecule has 0 saturated heterocycles. The highest BCUT2D eigenvalue weighted by molar-refractivity contribution is 8.00. The second-order valence-electron chi connectivity index (χ2n) is 6.91. The van der Waals surface area contributed by atoms with Crippen molar-refractivity contribution in [3.63, 3.8) is 0 Å². The maximum absolute atomic E-state index is 12.8. The summed E-state index contributed by atoms with van der Waals surface area (Å²) in [5.41, 5.74) is 3.18. The summed E-state index contributed by atoms with van der Waals surface area (Å²) in [6.45, 7) is 5.45. The first-order chi connectivity index (χ1) is 13.2. The number of fused-ring (bicyclic) bond motifs is 1. The van der Waals surface area contributed by atoms with E-state index in [1.54, 1.807) is 19.1 Å². The number of aryl methyl sites for hydroxylation is 1. The lowest BCUT2D eigenvalue weighted by Gasteiger charge is -2.18. The Morgan fingerprint density at radius 2 is 2.00 bits per heavy atom. The molecule has 1 atom stereocenters. The molecule has 2 aromatic rings. The molecule has 8 heteroatoms. The van der Waals surface area contributed by atoms with Gasteiger partial charge in [0.25, 0.3) is 0 Å². The number of benzene rings is 2. The van der Waals surface area contributed by atoms with Crippen molar-refractivity contribution in [2.45, 2.75) is 30.6 Å². The van der Waals surface area contributed by atoms with Crippen LogP contribution in [0.5, 0.6) is 0 Å². The van der Waals surface area contributed by atoms with E-state index in [9.17, 15) is 18.0 Å². The molecule has 1 aliphatic rings. The highest BCUT2D eigenvalue weighted by Gasteiger charge is 2.25. The third kappa shape index (κ3) is 4.39. The topological polar surface area (TPSA) is 92.3 Å². The fraction of sp³-hybridized carbons (Fsp3) is 0.300. The van der Waals surface area contributed by atoms with Crippen LogP contribution in [0.2, 0.25) is 0 Å². The first-order valence-corrected chi connectivity index (χ1v) is 11.5. The van der Waals surface area contributed by atoms with E-state index < -0.39 is 15.8 Å². The Morgan fingerprint density at radius 3 is 2.75 bits per heavy atom. The van der Waals surface area contributed by atoms with Crippen LogP contribution in [0.4, 0.5) is 11.4 Å². The number of hydrogen-bond donors (Lipinski definition) is 2. The van der Waals surface area contributed by atoms with Crippen molar-refractivity contribution >= 4 is 44.8 Å². The number of amides is 2. The number of hydrogen-bond acceptors (Lipinski definition) is 5. The van der Waals surface area contributed by atoms with E-state index >= 15 is 0 Å². The van der Waals surface area contributed by atoms with Gasteiger partial charge in [0, 0.05) is 16.5 Å². The largest absolute Gasteiger partial charge is 0.326 e. The van der Waals surface area contributed by atoms with E-state index in [4.69, 9.17) is 0 Å². The Labute approximate surface area is 169 Å². The molecule has 0 saturated carbocycles. The molecule has 0 spiro atoms. The molecule has 1 aliphatic heterocycles. The number of rotatable bonds is 5. The molecular formula is C20H22N2O4S2. The zero-order valence-corrected chi connectivity index (χ0v) is 17.5. The smallest absolute Gasteiger partial charge is 0.234 e. The van der Waals surface area contributed by atoms with Crippen LogP contribution in [0.25, 0.3) is 0 Å². The summed E-state index contributed by atoms with van der Waals surface area (Å²) in [5.74, 6) is -1.24. The second-order valence-corrected chi connectivity index (χ2v) is 9.97. The maximum atomic E-state index is 12.8. The first kappa shape index (κ1) is 20.4. The Kier molecular flexibility index (Phi) is 5.81. The number of carbonyl (C=O) groups is 2. The molecule has 1 heterocycles. The van der Waals surface area contributed by atoms with Crippen LogP contribution in [0, 0.1) is 19.8 Å². The average Bonchev–Trinajstić information content (AvgIpc) is 2.64. The second kappa shape index (κ2) is 7.97. The molecule has 3 rings (SSSR count). The normalized spacial score (nSPS) is 14.8. The Hall–Kier alpha value is -2.32. The van der Waals surface area contributed by atoms with Gasteiger partial charge >= 0.3 is 0 Å². The van der Waals surface area contributed by atoms with Crippen molar-refractivity contribution in [3.8, 4) is 0 Å². The summed E-state index contributed by atoms with van der Waals surface area (Å²) in [7, 11) is -3.69. The van der Waals surface area contributed by atoms with Gasteiger partial charge in [0.2, 0.25) is 11.8 Å². The van der Waals surface area contributed by atoms with Gasteiger partial charge in [-0.2, -0.15) is 0 Å². The highest BCUT2D eigenvalue weighted by atomic mass is 32.2. The summed E-state index contributed by atoms with van der Waals surface area (Å²) in [6, 6.07) is 10.3. The van der Waals surface area contributed by atoms with Crippen molar-refractivity contribution in [1.82, 2.24) is 0 Å². The van der Waals surface area contributed by atoms with Crippen LogP contribution in [0.1, 0.15) is 18.1 Å². The van der Waals surface area contributed by atoms with E-state index in [1.165, 1.54) is 23.9 Å². The summed E-state index contributed by atoms with van der Waals surface area (Å²) in [4.78, 5) is 25.0. The lowest BCUT2D eigenvalue weighted by molar-refractivity contribution is -0.118. The summed E-state index contributed by atoms with van der Waals surface area (Å²) in [5, 5.41) is 5.51. The van der Waals surface area contributed by atoms with Crippen LogP contribution in [0.3, 0.4) is 0 Å². The van der Waals surface area contributed by atoms with E-state index in [2.05, 4.69) is 10.6 Å². The minimum Gasteiger partial charge on any atom is -0.326 e. The number of anilines is 2. The third-order valence-electron chi connectivity index (χ3n) is 4.72. The molecule has 28 heavy (non-hydrogen) atoms. The fourth-order valence-corrected chi connectivity index (χ4v) is 5.26. The van der Waals surface area contributed by atoms with Gasteiger partial charge in [-0.1, -0.05) is 19.1 Å². The van der Waals surface area contributed by atoms with E-state index in [0.717, 1.165) is 16.0 Å². The monoisotopic (exact) mass is 418 g/mol. The minimum absolute atomic E-state index is 0.0976. The molecular weight excluding hydrogens is 396 g/mol. The standard InChI is InChI=1S/C20H22N2O4S2/c1-12-5-4-6-16(14(12)3)22-20(24)13(2)11-28(25,26)15-7-8-18-17(9-15)21-19(23)10-27-18/h4-9,13H,10-11H2,1-3H3,(H,21,23)(H,22,24)/t13-/m0/s1. The maximum Gasteiger partial charge on any atom is 0.234 e. The third-order valence-corrected chi connectivity index (χ3v) is 7.71. The van der Waals surface area contributed by atoms with E-state index in [0.29, 0.717) is 17.1 Å². The number of nitrogens with one attached hydrogen (secondary N) is 2. The molecule has 0 bridgehead atoms. The van der Waals surface area contributed by atoms with Crippen molar-refractivity contribution in [2.75, 3.05) is 22.1 Å². The van der Waals surface area contributed by atoms with E-state index in [1.807, 2.05) is 26.0 Å². The average molecular weight is 419 g/mol. The van der Waals surface area contributed by atoms with Gasteiger partial charge in [0.1, 0.15) is 0 Å². The van der Waals surface area contributed by atoms with Gasteiger partial charge in [-0.3, -0.25) is 9.59 Å². The molecule has 2 amide bonds. The van der Waals surface area contributed by atoms with Crippen LogP contribution < -0.4 is 10.6 Å². The van der Waals surface area contributed by atoms with Gasteiger partial charge in [-0.15, -0.1) is 11.8 Å². The molecule has 2 aromatic carbocycles. The molecule has 2 N–H and O–H groups in total. The van der Waals surface area contributed by atoms with Gasteiger partial charge < -0.3 is 10.6 Å². The van der Waals surface area contributed by atoms with E-state index in [-0.39, 0.29) is 22.5 Å². The van der Waals surface area contributed by atoms with Crippen molar-refractivity contribution < 1.29 is 18.0 Å². The van der Waals surface area contributed by atoms with Crippen LogP contribution in [-0.2, 0) is 19.4 Å². The molecule has 0 fully saturated rings. The predicted molar refractivity (Wildman–Crippen MR) is 112 cm³/mol. The first-order valence-electron chi connectivity index (χ1n) is 8.84.